The maximum Gasteiger partial charge on any atom is 0.0101 e. The molecule has 136 valence electrons. The second-order valence-electron chi connectivity index (χ2n) is 9.21. The zero-order chi connectivity index (χ0) is 16.8. The molecule has 0 aliphatic heterocycles. The van der Waals surface area contributed by atoms with E-state index in [9.17, 15) is 0 Å². The fourth-order valence-electron chi connectivity index (χ4n) is 4.98. The summed E-state index contributed by atoms with van der Waals surface area (Å²) in [6.07, 6.45) is 15.8. The van der Waals surface area contributed by atoms with Crippen LogP contribution in [0.4, 0.5) is 0 Å². The van der Waals surface area contributed by atoms with Gasteiger partial charge in [-0.1, -0.05) is 34.1 Å². The Balaban J connectivity index is 1.98. The van der Waals surface area contributed by atoms with Crippen molar-refractivity contribution in [3.8, 4) is 0 Å². The van der Waals surface area contributed by atoms with Crippen LogP contribution in [0.25, 0.3) is 0 Å². The summed E-state index contributed by atoms with van der Waals surface area (Å²) in [6, 6.07) is 2.56. The first-order valence-electron chi connectivity index (χ1n) is 10.8. The van der Waals surface area contributed by atoms with E-state index < -0.39 is 0 Å². The summed E-state index contributed by atoms with van der Waals surface area (Å²) in [5, 5.41) is 0. The van der Waals surface area contributed by atoms with Crippen molar-refractivity contribution in [2.45, 2.75) is 123 Å². The van der Waals surface area contributed by atoms with Crippen LogP contribution in [0.15, 0.2) is 0 Å². The van der Waals surface area contributed by atoms with E-state index in [1.165, 1.54) is 70.6 Å². The van der Waals surface area contributed by atoms with E-state index in [1.807, 2.05) is 0 Å². The van der Waals surface area contributed by atoms with Crippen LogP contribution in [0.5, 0.6) is 0 Å². The van der Waals surface area contributed by atoms with Crippen LogP contribution in [0, 0.1) is 17.8 Å². The van der Waals surface area contributed by atoms with E-state index >= 15 is 0 Å². The zero-order valence-corrected chi connectivity index (χ0v) is 16.7. The highest BCUT2D eigenvalue weighted by molar-refractivity contribution is 4.89. The van der Waals surface area contributed by atoms with Crippen molar-refractivity contribution in [1.82, 2.24) is 4.90 Å². The Morgan fingerprint density at radius 2 is 1.17 bits per heavy atom. The number of hydrogen-bond donors (Lipinski definition) is 0. The van der Waals surface area contributed by atoms with Crippen LogP contribution in [-0.2, 0) is 0 Å². The molecule has 0 aromatic heterocycles. The first-order chi connectivity index (χ1) is 11.0. The lowest BCUT2D eigenvalue weighted by Crippen LogP contribution is -2.50. The van der Waals surface area contributed by atoms with Crippen molar-refractivity contribution >= 4 is 0 Å². The molecule has 0 amide bonds. The van der Waals surface area contributed by atoms with Crippen LogP contribution in [-0.4, -0.2) is 23.0 Å². The monoisotopic (exact) mass is 321 g/mol. The minimum atomic E-state index is 0.792. The van der Waals surface area contributed by atoms with E-state index in [0.29, 0.717) is 0 Å². The van der Waals surface area contributed by atoms with Gasteiger partial charge in [-0.3, -0.25) is 4.90 Å². The van der Waals surface area contributed by atoms with Gasteiger partial charge in [-0.15, -0.1) is 0 Å². The molecule has 2 unspecified atom stereocenters. The molecule has 0 radical (unpaired) electrons. The van der Waals surface area contributed by atoms with Gasteiger partial charge in [-0.05, 0) is 88.9 Å². The van der Waals surface area contributed by atoms with Gasteiger partial charge in [0.1, 0.15) is 0 Å². The molecule has 2 atom stereocenters. The summed E-state index contributed by atoms with van der Waals surface area (Å²) in [5.41, 5.74) is 0. The highest BCUT2D eigenvalue weighted by Gasteiger charge is 2.34. The molecule has 1 heteroatoms. The van der Waals surface area contributed by atoms with E-state index in [4.69, 9.17) is 0 Å². The summed E-state index contributed by atoms with van der Waals surface area (Å²) < 4.78 is 0. The van der Waals surface area contributed by atoms with E-state index in [1.54, 1.807) is 0 Å². The second-order valence-corrected chi connectivity index (χ2v) is 9.21. The van der Waals surface area contributed by atoms with E-state index in [-0.39, 0.29) is 0 Å². The molecule has 0 aromatic carbocycles. The fraction of sp³-hybridized carbons (Fsp3) is 1.00. The SMILES string of the molecule is CCC(C)CCC(C)N(C1CCC(C)CC1)C1CCC(C)CC1. The van der Waals surface area contributed by atoms with Crippen molar-refractivity contribution in [1.29, 1.82) is 0 Å². The number of hydrogen-bond acceptors (Lipinski definition) is 1. The molecule has 2 rings (SSSR count). The average molecular weight is 322 g/mol. The van der Waals surface area contributed by atoms with Gasteiger partial charge in [0.25, 0.3) is 0 Å². The van der Waals surface area contributed by atoms with Crippen molar-refractivity contribution < 1.29 is 0 Å². The zero-order valence-electron chi connectivity index (χ0n) is 16.7. The Labute approximate surface area is 146 Å². The topological polar surface area (TPSA) is 3.24 Å². The minimum absolute atomic E-state index is 0.792. The molecule has 2 fully saturated rings. The second kappa shape index (κ2) is 9.44. The summed E-state index contributed by atoms with van der Waals surface area (Å²) in [6.45, 7) is 12.2. The third-order valence-electron chi connectivity index (χ3n) is 7.10. The normalized spacial score (nSPS) is 35.2. The van der Waals surface area contributed by atoms with Gasteiger partial charge in [0.05, 0.1) is 0 Å². The predicted molar refractivity (Wildman–Crippen MR) is 103 cm³/mol. The van der Waals surface area contributed by atoms with Crippen LogP contribution in [0.1, 0.15) is 105 Å². The standard InChI is InChI=1S/C22H43N/c1-6-17(2)7-12-20(5)23(21-13-8-18(3)9-14-21)22-15-10-19(4)11-16-22/h17-22H,6-16H2,1-5H3. The molecule has 0 aromatic rings. The van der Waals surface area contributed by atoms with Crippen molar-refractivity contribution in [2.75, 3.05) is 0 Å². The molecule has 0 bridgehead atoms. The van der Waals surface area contributed by atoms with Crippen molar-refractivity contribution in [3.63, 3.8) is 0 Å². The Bertz CT molecular complexity index is 288. The molecule has 0 saturated heterocycles. The van der Waals surface area contributed by atoms with Gasteiger partial charge in [0, 0.05) is 18.1 Å². The Hall–Kier alpha value is -0.0400. The summed E-state index contributed by atoms with van der Waals surface area (Å²) in [4.78, 5) is 3.03. The molecule has 0 heterocycles. The summed E-state index contributed by atoms with van der Waals surface area (Å²) in [7, 11) is 0. The van der Waals surface area contributed by atoms with Crippen LogP contribution in [0.3, 0.4) is 0 Å². The van der Waals surface area contributed by atoms with Crippen LogP contribution < -0.4 is 0 Å². The van der Waals surface area contributed by atoms with E-state index in [2.05, 4.69) is 39.5 Å². The maximum absolute atomic E-state index is 3.03. The van der Waals surface area contributed by atoms with Crippen LogP contribution in [0.2, 0.25) is 0 Å². The lowest BCUT2D eigenvalue weighted by molar-refractivity contribution is 0.0266. The molecule has 0 spiro atoms. The third-order valence-corrected chi connectivity index (χ3v) is 7.10. The molecular formula is C22H43N. The lowest BCUT2D eigenvalue weighted by Gasteiger charge is -2.47. The quantitative estimate of drug-likeness (QED) is 0.506. The number of nitrogens with zero attached hydrogens (tertiary/aromatic N) is 1. The van der Waals surface area contributed by atoms with Gasteiger partial charge >= 0.3 is 0 Å². The van der Waals surface area contributed by atoms with Gasteiger partial charge in [0.2, 0.25) is 0 Å². The lowest BCUT2D eigenvalue weighted by atomic mass is 9.81. The minimum Gasteiger partial charge on any atom is -0.295 e. The van der Waals surface area contributed by atoms with Gasteiger partial charge < -0.3 is 0 Å². The average Bonchev–Trinajstić information content (AvgIpc) is 2.56. The maximum atomic E-state index is 3.03. The first kappa shape index (κ1) is 19.3. The van der Waals surface area contributed by atoms with Gasteiger partial charge in [0.15, 0.2) is 0 Å². The van der Waals surface area contributed by atoms with Crippen molar-refractivity contribution in [2.24, 2.45) is 17.8 Å². The smallest absolute Gasteiger partial charge is 0.0101 e. The molecular weight excluding hydrogens is 278 g/mol. The highest BCUT2D eigenvalue weighted by atomic mass is 15.2. The highest BCUT2D eigenvalue weighted by Crippen LogP contribution is 2.36. The molecule has 2 aliphatic carbocycles. The fourth-order valence-corrected chi connectivity index (χ4v) is 4.98. The number of rotatable bonds is 7. The molecule has 0 N–H and O–H groups in total. The third kappa shape index (κ3) is 5.76. The molecule has 2 saturated carbocycles. The first-order valence-corrected chi connectivity index (χ1v) is 10.8. The Morgan fingerprint density at radius 1 is 0.739 bits per heavy atom. The van der Waals surface area contributed by atoms with Crippen molar-refractivity contribution in [3.05, 3.63) is 0 Å². The predicted octanol–water partition coefficient (Wildman–Crippen LogP) is 6.66. The molecule has 1 nitrogen and oxygen atoms in total. The van der Waals surface area contributed by atoms with Gasteiger partial charge in [-0.25, -0.2) is 0 Å². The van der Waals surface area contributed by atoms with E-state index in [0.717, 1.165) is 35.9 Å². The Morgan fingerprint density at radius 3 is 1.57 bits per heavy atom. The molecule has 2 aliphatic rings. The van der Waals surface area contributed by atoms with Gasteiger partial charge in [-0.2, -0.15) is 0 Å². The largest absolute Gasteiger partial charge is 0.295 e. The summed E-state index contributed by atoms with van der Waals surface area (Å²) >= 11 is 0. The summed E-state index contributed by atoms with van der Waals surface area (Å²) in [5.74, 6) is 2.84. The Kier molecular flexibility index (Phi) is 7.92. The van der Waals surface area contributed by atoms with Crippen LogP contribution >= 0.6 is 0 Å². The molecule has 23 heavy (non-hydrogen) atoms.